The second-order valence-electron chi connectivity index (χ2n) is 8.30. The summed E-state index contributed by atoms with van der Waals surface area (Å²) in [6.07, 6.45) is 0.0352. The Morgan fingerprint density at radius 2 is 1.86 bits per heavy atom. The molecule has 5 aromatic rings. The van der Waals surface area contributed by atoms with Gasteiger partial charge in [-0.15, -0.1) is 0 Å². The van der Waals surface area contributed by atoms with Gasteiger partial charge in [-0.3, -0.25) is 5.41 Å². The Hall–Kier alpha value is -4.60. The van der Waals surface area contributed by atoms with E-state index in [0.717, 1.165) is 5.52 Å². The minimum Gasteiger partial charge on any atom is -0.487 e. The number of halogens is 1. The van der Waals surface area contributed by atoms with Gasteiger partial charge in [0.25, 0.3) is 0 Å². The Morgan fingerprint density at radius 3 is 2.71 bits per heavy atom. The maximum absolute atomic E-state index is 14.3. The van der Waals surface area contributed by atoms with E-state index in [4.69, 9.17) is 25.4 Å². The number of aromatic nitrogens is 4. The second-order valence-corrected chi connectivity index (χ2v) is 8.30. The lowest BCUT2D eigenvalue weighted by molar-refractivity contribution is 0.0539. The molecule has 9 nitrogen and oxygen atoms in total. The second kappa shape index (κ2) is 8.32. The molecule has 0 saturated carbocycles. The number of H-pyrrole nitrogens is 2. The molecule has 0 spiro atoms. The Labute approximate surface area is 198 Å². The largest absolute Gasteiger partial charge is 0.487 e. The highest BCUT2D eigenvalue weighted by Gasteiger charge is 2.22. The monoisotopic (exact) mass is 472 g/mol. The number of nitrogens with one attached hydrogen (secondary N) is 3. The van der Waals surface area contributed by atoms with Crippen molar-refractivity contribution in [2.45, 2.75) is 12.5 Å². The average molecular weight is 472 g/mol. The van der Waals surface area contributed by atoms with E-state index in [9.17, 15) is 4.39 Å². The summed E-state index contributed by atoms with van der Waals surface area (Å²) in [6, 6.07) is 15.5. The van der Waals surface area contributed by atoms with E-state index in [1.165, 1.54) is 12.1 Å². The molecule has 0 amide bonds. The number of ether oxygens (including phenoxy) is 3. The zero-order valence-corrected chi connectivity index (χ0v) is 18.5. The molecule has 1 unspecified atom stereocenters. The van der Waals surface area contributed by atoms with Crippen LogP contribution in [0.2, 0.25) is 0 Å². The van der Waals surface area contributed by atoms with Gasteiger partial charge in [0.05, 0.1) is 23.0 Å². The Bertz CT molecular complexity index is 1580. The lowest BCUT2D eigenvalue weighted by Gasteiger charge is -2.26. The lowest BCUT2D eigenvalue weighted by Crippen LogP contribution is -2.34. The zero-order valence-electron chi connectivity index (χ0n) is 18.5. The van der Waals surface area contributed by atoms with Crippen LogP contribution in [0.1, 0.15) is 17.2 Å². The zero-order chi connectivity index (χ0) is 23.9. The molecule has 1 aliphatic heterocycles. The smallest absolute Gasteiger partial charge is 0.166 e. The van der Waals surface area contributed by atoms with Crippen molar-refractivity contribution >= 4 is 27.9 Å². The summed E-state index contributed by atoms with van der Waals surface area (Å²) in [6.45, 7) is 0.510. The van der Waals surface area contributed by atoms with Gasteiger partial charge in [-0.25, -0.2) is 14.4 Å². The van der Waals surface area contributed by atoms with Crippen LogP contribution in [0.15, 0.2) is 54.6 Å². The molecular weight excluding hydrogens is 451 g/mol. The minimum absolute atomic E-state index is 0.0160. The quantitative estimate of drug-likeness (QED) is 0.220. The van der Waals surface area contributed by atoms with E-state index >= 15 is 0 Å². The number of benzene rings is 3. The van der Waals surface area contributed by atoms with Crippen molar-refractivity contribution in [2.75, 3.05) is 13.2 Å². The predicted octanol–water partition coefficient (Wildman–Crippen LogP) is 3.67. The molecule has 35 heavy (non-hydrogen) atoms. The summed E-state index contributed by atoms with van der Waals surface area (Å²) >= 11 is 0. The summed E-state index contributed by atoms with van der Waals surface area (Å²) in [5.41, 5.74) is 8.75. The van der Waals surface area contributed by atoms with Crippen LogP contribution in [0.3, 0.4) is 0 Å². The van der Waals surface area contributed by atoms with Gasteiger partial charge >= 0.3 is 0 Å². The SMILES string of the molecule is N=C(N)c1ccc2[nH]c(Cc3nc4c(OCC5COc6ccccc6O5)cc(F)cc4[nH]3)nc2c1. The molecule has 0 fully saturated rings. The summed E-state index contributed by atoms with van der Waals surface area (Å²) in [5, 5.41) is 7.60. The molecule has 1 atom stereocenters. The van der Waals surface area contributed by atoms with Gasteiger partial charge in [-0.2, -0.15) is 0 Å². The fourth-order valence-corrected chi connectivity index (χ4v) is 4.09. The molecule has 0 aliphatic carbocycles. The van der Waals surface area contributed by atoms with Gasteiger partial charge in [-0.05, 0) is 36.4 Å². The van der Waals surface area contributed by atoms with E-state index < -0.39 is 5.82 Å². The first-order valence-electron chi connectivity index (χ1n) is 11.0. The van der Waals surface area contributed by atoms with Crippen molar-refractivity contribution in [3.63, 3.8) is 0 Å². The lowest BCUT2D eigenvalue weighted by atomic mass is 10.2. The van der Waals surface area contributed by atoms with Crippen LogP contribution in [0.5, 0.6) is 17.2 Å². The van der Waals surface area contributed by atoms with Crippen LogP contribution >= 0.6 is 0 Å². The van der Waals surface area contributed by atoms with Gasteiger partial charge in [-0.1, -0.05) is 12.1 Å². The van der Waals surface area contributed by atoms with Crippen molar-refractivity contribution < 1.29 is 18.6 Å². The van der Waals surface area contributed by atoms with Crippen molar-refractivity contribution in [3.8, 4) is 17.2 Å². The topological polar surface area (TPSA) is 135 Å². The molecule has 0 saturated heterocycles. The number of nitrogens with zero attached hydrogens (tertiary/aromatic N) is 2. The first kappa shape index (κ1) is 21.0. The molecule has 2 aromatic heterocycles. The van der Waals surface area contributed by atoms with Gasteiger partial charge in [0.2, 0.25) is 0 Å². The molecule has 3 heterocycles. The van der Waals surface area contributed by atoms with Crippen molar-refractivity contribution in [1.29, 1.82) is 5.41 Å². The number of fused-ring (bicyclic) bond motifs is 3. The minimum atomic E-state index is -0.436. The number of para-hydroxylation sites is 2. The molecule has 6 rings (SSSR count). The summed E-state index contributed by atoms with van der Waals surface area (Å²) in [7, 11) is 0. The fraction of sp³-hybridized carbons (Fsp3) is 0.160. The van der Waals surface area contributed by atoms with E-state index in [1.54, 1.807) is 12.1 Å². The standard InChI is InChI=1S/C25H21FN6O3/c26-14-8-18-24(21(9-14)34-12-15-11-33-19-3-1-2-4-20(19)35-15)32-23(31-18)10-22-29-16-6-5-13(25(27)28)7-17(16)30-22/h1-9,15H,10-12H2,(H3,27,28)(H,29,30)(H,31,32). The molecular formula is C25H21FN6O3. The van der Waals surface area contributed by atoms with Crippen molar-refractivity contribution in [3.05, 3.63) is 77.6 Å². The van der Waals surface area contributed by atoms with Crippen LogP contribution < -0.4 is 19.9 Å². The van der Waals surface area contributed by atoms with Crippen LogP contribution in [0.25, 0.3) is 22.1 Å². The summed E-state index contributed by atoms with van der Waals surface area (Å²) in [5.74, 6) is 2.49. The van der Waals surface area contributed by atoms with Crippen LogP contribution in [-0.2, 0) is 6.42 Å². The maximum Gasteiger partial charge on any atom is 0.166 e. The van der Waals surface area contributed by atoms with Gasteiger partial charge in [0.1, 0.15) is 47.8 Å². The highest BCUT2D eigenvalue weighted by molar-refractivity contribution is 5.97. The maximum atomic E-state index is 14.3. The normalized spacial score (nSPS) is 14.9. The Kier molecular flexibility index (Phi) is 4.98. The molecule has 1 aliphatic rings. The van der Waals surface area contributed by atoms with Gasteiger partial charge in [0, 0.05) is 11.6 Å². The Morgan fingerprint density at radius 1 is 1.06 bits per heavy atom. The van der Waals surface area contributed by atoms with Crippen molar-refractivity contribution in [2.24, 2.45) is 5.73 Å². The highest BCUT2D eigenvalue weighted by Crippen LogP contribution is 2.32. The van der Waals surface area contributed by atoms with E-state index in [2.05, 4.69) is 19.9 Å². The number of hydrogen-bond acceptors (Lipinski definition) is 6. The first-order chi connectivity index (χ1) is 17.0. The Balaban J connectivity index is 1.22. The number of rotatable bonds is 6. The summed E-state index contributed by atoms with van der Waals surface area (Å²) < 4.78 is 31.9. The number of nitrogens with two attached hydrogens (primary N) is 1. The highest BCUT2D eigenvalue weighted by atomic mass is 19.1. The molecule has 3 aromatic carbocycles. The third-order valence-electron chi connectivity index (χ3n) is 5.74. The number of amidine groups is 1. The third kappa shape index (κ3) is 4.10. The molecule has 0 radical (unpaired) electrons. The number of imidazole rings is 2. The van der Waals surface area contributed by atoms with Gasteiger partial charge in [0.15, 0.2) is 17.6 Å². The fourth-order valence-electron chi connectivity index (χ4n) is 4.09. The molecule has 176 valence electrons. The predicted molar refractivity (Wildman–Crippen MR) is 128 cm³/mol. The van der Waals surface area contributed by atoms with Crippen LogP contribution in [-0.4, -0.2) is 45.1 Å². The number of nitrogen functional groups attached to an aromatic ring is 1. The molecule has 10 heteroatoms. The van der Waals surface area contributed by atoms with Crippen LogP contribution in [0, 0.1) is 11.2 Å². The molecule has 0 bridgehead atoms. The average Bonchev–Trinajstić information content (AvgIpc) is 3.44. The first-order valence-corrected chi connectivity index (χ1v) is 11.0. The molecule has 5 N–H and O–H groups in total. The summed E-state index contributed by atoms with van der Waals surface area (Å²) in [4.78, 5) is 15.6. The van der Waals surface area contributed by atoms with Crippen molar-refractivity contribution in [1.82, 2.24) is 19.9 Å². The van der Waals surface area contributed by atoms with E-state index in [0.29, 0.717) is 64.0 Å². The van der Waals surface area contributed by atoms with E-state index in [1.807, 2.05) is 30.3 Å². The van der Waals surface area contributed by atoms with Gasteiger partial charge < -0.3 is 29.9 Å². The number of hydrogen-bond donors (Lipinski definition) is 4. The van der Waals surface area contributed by atoms with Crippen LogP contribution in [0.4, 0.5) is 4.39 Å². The third-order valence-corrected chi connectivity index (χ3v) is 5.74. The number of aromatic amines is 2. The van der Waals surface area contributed by atoms with E-state index in [-0.39, 0.29) is 18.5 Å².